The van der Waals surface area contributed by atoms with Crippen LogP contribution >= 0.6 is 33.9 Å². The topological polar surface area (TPSA) is 24.9 Å². The minimum atomic E-state index is -4.38. The smallest absolute Gasteiger partial charge is 0.306 e. The fraction of sp³-hybridized carbons (Fsp3) is 0.308. The van der Waals surface area contributed by atoms with Gasteiger partial charge in [-0.05, 0) is 46.8 Å². The average molecular weight is 412 g/mol. The van der Waals surface area contributed by atoms with Crippen LogP contribution in [0.15, 0.2) is 30.5 Å². The Balaban J connectivity index is 2.36. The number of nitrogens with zero attached hydrogens (tertiary/aromatic N) is 1. The highest BCUT2D eigenvalue weighted by Gasteiger charge is 2.35. The zero-order valence-corrected chi connectivity index (χ0v) is 13.5. The maximum Gasteiger partial charge on any atom is 0.443 e. The van der Waals surface area contributed by atoms with Crippen LogP contribution in [0.3, 0.4) is 0 Å². The van der Waals surface area contributed by atoms with E-state index in [1.54, 1.807) is 0 Å². The van der Waals surface area contributed by atoms with E-state index in [-0.39, 0.29) is 6.04 Å². The number of nitrogens with one attached hydrogen (secondary N) is 1. The standard InChI is InChI=1S/C13H12F3IN2S/c1-2-18-11(8-4-3-5-9(17)6-8)10-7-19-12(20-10)13(14,15)16/h3-7,11,18H,2H2,1H3. The minimum Gasteiger partial charge on any atom is -0.306 e. The summed E-state index contributed by atoms with van der Waals surface area (Å²) in [4.78, 5) is 4.06. The molecule has 0 bridgehead atoms. The number of benzene rings is 1. The normalized spacial score (nSPS) is 13.4. The number of halogens is 4. The van der Waals surface area contributed by atoms with Gasteiger partial charge in [-0.15, -0.1) is 11.3 Å². The van der Waals surface area contributed by atoms with Crippen molar-refractivity contribution in [3.63, 3.8) is 0 Å². The van der Waals surface area contributed by atoms with E-state index in [1.165, 1.54) is 6.20 Å². The van der Waals surface area contributed by atoms with Gasteiger partial charge in [0.2, 0.25) is 0 Å². The van der Waals surface area contributed by atoms with E-state index < -0.39 is 11.2 Å². The molecule has 2 nitrogen and oxygen atoms in total. The highest BCUT2D eigenvalue weighted by molar-refractivity contribution is 14.1. The molecule has 108 valence electrons. The Morgan fingerprint density at radius 2 is 2.15 bits per heavy atom. The van der Waals surface area contributed by atoms with E-state index >= 15 is 0 Å². The molecule has 1 aromatic carbocycles. The number of alkyl halides is 3. The van der Waals surface area contributed by atoms with Crippen molar-refractivity contribution in [3.8, 4) is 0 Å². The van der Waals surface area contributed by atoms with E-state index in [2.05, 4.69) is 32.9 Å². The van der Waals surface area contributed by atoms with Crippen LogP contribution in [0.4, 0.5) is 13.2 Å². The summed E-state index contributed by atoms with van der Waals surface area (Å²) >= 11 is 2.87. The lowest BCUT2D eigenvalue weighted by molar-refractivity contribution is -0.137. The molecule has 0 spiro atoms. The molecule has 1 heterocycles. The van der Waals surface area contributed by atoms with Crippen LogP contribution in [0.2, 0.25) is 0 Å². The first kappa shape index (κ1) is 15.7. The number of hydrogen-bond donors (Lipinski definition) is 1. The zero-order chi connectivity index (χ0) is 14.8. The summed E-state index contributed by atoms with van der Waals surface area (Å²) in [6.45, 7) is 2.59. The molecule has 0 saturated heterocycles. The van der Waals surface area contributed by atoms with Crippen molar-refractivity contribution in [1.29, 1.82) is 0 Å². The van der Waals surface area contributed by atoms with Crippen molar-refractivity contribution in [2.24, 2.45) is 0 Å². The second-order valence-corrected chi connectivity index (χ2v) is 6.42. The second kappa shape index (κ2) is 6.40. The van der Waals surface area contributed by atoms with Gasteiger partial charge in [0.1, 0.15) is 0 Å². The predicted molar refractivity (Wildman–Crippen MR) is 81.8 cm³/mol. The van der Waals surface area contributed by atoms with Crippen LogP contribution in [-0.2, 0) is 6.18 Å². The molecule has 0 radical (unpaired) electrons. The van der Waals surface area contributed by atoms with E-state index in [4.69, 9.17) is 0 Å². The van der Waals surface area contributed by atoms with Crippen LogP contribution < -0.4 is 5.32 Å². The zero-order valence-electron chi connectivity index (χ0n) is 10.5. The first-order valence-electron chi connectivity index (χ1n) is 5.93. The average Bonchev–Trinajstić information content (AvgIpc) is 2.85. The molecule has 1 atom stereocenters. The second-order valence-electron chi connectivity index (χ2n) is 4.11. The summed E-state index contributed by atoms with van der Waals surface area (Å²) in [5.41, 5.74) is 0.941. The number of hydrogen-bond acceptors (Lipinski definition) is 3. The molecule has 1 aromatic heterocycles. The number of aromatic nitrogens is 1. The predicted octanol–water partition coefficient (Wildman–Crippen LogP) is 4.47. The van der Waals surface area contributed by atoms with Gasteiger partial charge in [-0.1, -0.05) is 19.1 Å². The van der Waals surface area contributed by atoms with E-state index in [9.17, 15) is 13.2 Å². The SMILES string of the molecule is CCNC(c1cccc(I)c1)c1cnc(C(F)(F)F)s1. The molecule has 0 aliphatic carbocycles. The van der Waals surface area contributed by atoms with Gasteiger partial charge in [0, 0.05) is 14.6 Å². The quantitative estimate of drug-likeness (QED) is 0.750. The summed E-state index contributed by atoms with van der Waals surface area (Å²) in [6.07, 6.45) is -3.08. The fourth-order valence-electron chi connectivity index (χ4n) is 1.82. The Labute approximate surface area is 132 Å². The van der Waals surface area contributed by atoms with Gasteiger partial charge in [0.15, 0.2) is 5.01 Å². The highest BCUT2D eigenvalue weighted by atomic mass is 127. The summed E-state index contributed by atoms with van der Waals surface area (Å²) in [5.74, 6) is 0. The van der Waals surface area contributed by atoms with Gasteiger partial charge in [-0.25, -0.2) is 4.98 Å². The van der Waals surface area contributed by atoms with Crippen molar-refractivity contribution in [2.75, 3.05) is 6.54 Å². The van der Waals surface area contributed by atoms with Gasteiger partial charge >= 0.3 is 6.18 Å². The Morgan fingerprint density at radius 3 is 2.70 bits per heavy atom. The minimum absolute atomic E-state index is 0.261. The summed E-state index contributed by atoms with van der Waals surface area (Å²) in [7, 11) is 0. The first-order valence-corrected chi connectivity index (χ1v) is 7.83. The van der Waals surface area contributed by atoms with Gasteiger partial charge in [0.05, 0.1) is 6.04 Å². The molecule has 2 rings (SSSR count). The monoisotopic (exact) mass is 412 g/mol. The van der Waals surface area contributed by atoms with Crippen LogP contribution in [0.25, 0.3) is 0 Å². The van der Waals surface area contributed by atoms with Gasteiger partial charge in [-0.2, -0.15) is 13.2 Å². The van der Waals surface area contributed by atoms with Crippen LogP contribution in [0.1, 0.15) is 28.4 Å². The summed E-state index contributed by atoms with van der Waals surface area (Å²) in [5, 5.41) is 2.40. The molecule has 0 fully saturated rings. The summed E-state index contributed by atoms with van der Waals surface area (Å²) in [6, 6.07) is 7.44. The van der Waals surface area contributed by atoms with E-state index in [0.717, 1.165) is 9.13 Å². The third kappa shape index (κ3) is 3.70. The molecule has 2 aromatic rings. The van der Waals surface area contributed by atoms with Crippen molar-refractivity contribution in [3.05, 3.63) is 49.5 Å². The highest BCUT2D eigenvalue weighted by Crippen LogP contribution is 2.36. The Morgan fingerprint density at radius 1 is 1.40 bits per heavy atom. The largest absolute Gasteiger partial charge is 0.443 e. The van der Waals surface area contributed by atoms with Crippen LogP contribution in [0, 0.1) is 3.57 Å². The lowest BCUT2D eigenvalue weighted by Gasteiger charge is -2.16. The Hall–Kier alpha value is -0.670. The molecule has 1 unspecified atom stereocenters. The van der Waals surface area contributed by atoms with Crippen molar-refractivity contribution in [1.82, 2.24) is 10.3 Å². The third-order valence-corrected chi connectivity index (χ3v) is 4.42. The maximum atomic E-state index is 12.6. The van der Waals surface area contributed by atoms with Gasteiger partial charge in [-0.3, -0.25) is 0 Å². The van der Waals surface area contributed by atoms with Crippen molar-refractivity contribution < 1.29 is 13.2 Å². The lowest BCUT2D eigenvalue weighted by Crippen LogP contribution is -2.21. The molecule has 7 heteroatoms. The molecular formula is C13H12F3IN2S. The molecular weight excluding hydrogens is 400 g/mol. The number of thiazole rings is 1. The van der Waals surface area contributed by atoms with Crippen molar-refractivity contribution >= 4 is 33.9 Å². The first-order chi connectivity index (χ1) is 9.41. The lowest BCUT2D eigenvalue weighted by atomic mass is 10.1. The molecule has 0 aliphatic rings. The Kier molecular flexibility index (Phi) is 5.03. The fourth-order valence-corrected chi connectivity index (χ4v) is 3.28. The Bertz CT molecular complexity index is 583. The van der Waals surface area contributed by atoms with E-state index in [1.807, 2.05) is 31.2 Å². The molecule has 0 saturated carbocycles. The molecule has 1 N–H and O–H groups in total. The number of rotatable bonds is 4. The van der Waals surface area contributed by atoms with Crippen molar-refractivity contribution in [2.45, 2.75) is 19.1 Å². The van der Waals surface area contributed by atoms with E-state index in [0.29, 0.717) is 22.8 Å². The third-order valence-electron chi connectivity index (χ3n) is 2.64. The molecule has 0 aliphatic heterocycles. The summed E-state index contributed by atoms with van der Waals surface area (Å²) < 4.78 is 39.0. The van der Waals surface area contributed by atoms with Gasteiger partial charge in [0.25, 0.3) is 0 Å². The molecule has 20 heavy (non-hydrogen) atoms. The van der Waals surface area contributed by atoms with Crippen LogP contribution in [0.5, 0.6) is 0 Å². The maximum absolute atomic E-state index is 12.6. The van der Waals surface area contributed by atoms with Gasteiger partial charge < -0.3 is 5.32 Å². The van der Waals surface area contributed by atoms with Crippen LogP contribution in [-0.4, -0.2) is 11.5 Å². The molecule has 0 amide bonds.